The van der Waals surface area contributed by atoms with Gasteiger partial charge in [-0.2, -0.15) is 0 Å². The number of ketones is 1. The molecule has 1 amide bonds. The summed E-state index contributed by atoms with van der Waals surface area (Å²) in [7, 11) is 0. The van der Waals surface area contributed by atoms with Gasteiger partial charge in [-0.3, -0.25) is 9.59 Å². The molecular formula is C24H28N2O2. The van der Waals surface area contributed by atoms with E-state index < -0.39 is 0 Å². The Morgan fingerprint density at radius 2 is 1.79 bits per heavy atom. The molecule has 4 heteroatoms. The summed E-state index contributed by atoms with van der Waals surface area (Å²) in [6.07, 6.45) is 3.37. The summed E-state index contributed by atoms with van der Waals surface area (Å²) >= 11 is 0. The van der Waals surface area contributed by atoms with E-state index in [0.717, 1.165) is 24.1 Å². The lowest BCUT2D eigenvalue weighted by atomic mass is 9.82. The van der Waals surface area contributed by atoms with Crippen molar-refractivity contribution in [2.24, 2.45) is 0 Å². The number of carbonyl (C=O) groups is 2. The van der Waals surface area contributed by atoms with Gasteiger partial charge in [0.05, 0.1) is 0 Å². The van der Waals surface area contributed by atoms with Crippen LogP contribution in [0.2, 0.25) is 0 Å². The number of hydrogen-bond acceptors (Lipinski definition) is 3. The van der Waals surface area contributed by atoms with Crippen LogP contribution >= 0.6 is 0 Å². The zero-order chi connectivity index (χ0) is 20.1. The van der Waals surface area contributed by atoms with Crippen LogP contribution in [0, 0.1) is 0 Å². The fourth-order valence-electron chi connectivity index (χ4n) is 3.80. The largest absolute Gasteiger partial charge is 0.379 e. The predicted octanol–water partition coefficient (Wildman–Crippen LogP) is 4.07. The van der Waals surface area contributed by atoms with E-state index in [2.05, 4.69) is 24.4 Å². The van der Waals surface area contributed by atoms with Crippen LogP contribution in [-0.2, 0) is 11.2 Å². The molecule has 1 N–H and O–H groups in total. The van der Waals surface area contributed by atoms with Gasteiger partial charge < -0.3 is 10.2 Å². The molecule has 0 spiro atoms. The van der Waals surface area contributed by atoms with Crippen molar-refractivity contribution in [2.75, 3.05) is 13.1 Å². The van der Waals surface area contributed by atoms with Crippen LogP contribution in [0.5, 0.6) is 0 Å². The van der Waals surface area contributed by atoms with Crippen molar-refractivity contribution < 1.29 is 9.59 Å². The fourth-order valence-corrected chi connectivity index (χ4v) is 3.80. The van der Waals surface area contributed by atoms with Crippen LogP contribution in [0.15, 0.2) is 60.7 Å². The Balaban J connectivity index is 1.88. The number of hydrogen-bond donors (Lipinski definition) is 1. The Morgan fingerprint density at radius 3 is 2.46 bits per heavy atom. The topological polar surface area (TPSA) is 49.4 Å². The monoisotopic (exact) mass is 376 g/mol. The summed E-state index contributed by atoms with van der Waals surface area (Å²) in [4.78, 5) is 26.4. The number of carbonyl (C=O) groups excluding carboxylic acids is 2. The van der Waals surface area contributed by atoms with Crippen molar-refractivity contribution in [3.63, 3.8) is 0 Å². The van der Waals surface area contributed by atoms with Crippen molar-refractivity contribution >= 4 is 17.4 Å². The van der Waals surface area contributed by atoms with E-state index in [0.29, 0.717) is 18.7 Å². The van der Waals surface area contributed by atoms with E-state index in [9.17, 15) is 9.59 Å². The van der Waals surface area contributed by atoms with Gasteiger partial charge >= 0.3 is 0 Å². The molecule has 1 heterocycles. The normalized spacial score (nSPS) is 19.6. The molecule has 0 bridgehead atoms. The van der Waals surface area contributed by atoms with Crippen molar-refractivity contribution in [2.45, 2.75) is 39.2 Å². The summed E-state index contributed by atoms with van der Waals surface area (Å²) in [6.45, 7) is 7.17. The van der Waals surface area contributed by atoms with Gasteiger partial charge in [-0.05, 0) is 32.3 Å². The molecule has 28 heavy (non-hydrogen) atoms. The van der Waals surface area contributed by atoms with Crippen LogP contribution in [0.1, 0.15) is 48.7 Å². The Morgan fingerprint density at radius 1 is 1.11 bits per heavy atom. The van der Waals surface area contributed by atoms with Gasteiger partial charge in [0, 0.05) is 48.5 Å². The standard InChI is InChI=1S/C24H28N2O2/c1-4-26(18(2)27)15-14-24(3)17-20-12-8-9-13-21(20)22(25-24)16-23(28)19-10-6-5-7-11-19/h5-13,16,25H,4,14-15,17H2,1-3H3/b22-16-. The predicted molar refractivity (Wildman–Crippen MR) is 113 cm³/mol. The van der Waals surface area contributed by atoms with Gasteiger partial charge in [0.25, 0.3) is 0 Å². The SMILES string of the molecule is CCN(CCC1(C)Cc2ccccc2/C(=C/C(=O)c2ccccc2)N1)C(C)=O. The highest BCUT2D eigenvalue weighted by molar-refractivity contribution is 6.08. The van der Waals surface area contributed by atoms with Crippen molar-refractivity contribution in [3.8, 4) is 0 Å². The van der Waals surface area contributed by atoms with Crippen LogP contribution < -0.4 is 5.32 Å². The zero-order valence-corrected chi connectivity index (χ0v) is 16.9. The minimum Gasteiger partial charge on any atom is -0.379 e. The van der Waals surface area contributed by atoms with Gasteiger partial charge in [-0.15, -0.1) is 0 Å². The summed E-state index contributed by atoms with van der Waals surface area (Å²) in [5.41, 5.74) is 3.60. The third kappa shape index (κ3) is 4.50. The van der Waals surface area contributed by atoms with Gasteiger partial charge in [-0.1, -0.05) is 54.6 Å². The molecule has 0 aromatic heterocycles. The number of allylic oxidation sites excluding steroid dienone is 1. The number of benzene rings is 2. The first kappa shape index (κ1) is 19.9. The Hall–Kier alpha value is -2.88. The smallest absolute Gasteiger partial charge is 0.219 e. The second-order valence-electron chi connectivity index (χ2n) is 7.66. The quantitative estimate of drug-likeness (QED) is 0.611. The first-order chi connectivity index (χ1) is 13.4. The molecule has 4 nitrogen and oxygen atoms in total. The molecule has 2 aromatic carbocycles. The Labute approximate surface area is 167 Å². The van der Waals surface area contributed by atoms with E-state index in [1.165, 1.54) is 5.56 Å². The second-order valence-corrected chi connectivity index (χ2v) is 7.66. The summed E-state index contributed by atoms with van der Waals surface area (Å²) in [6, 6.07) is 17.5. The molecule has 1 aliphatic heterocycles. The first-order valence-electron chi connectivity index (χ1n) is 9.85. The van der Waals surface area contributed by atoms with E-state index in [1.54, 1.807) is 13.0 Å². The highest BCUT2D eigenvalue weighted by atomic mass is 16.2. The minimum atomic E-state index is -0.222. The van der Waals surface area contributed by atoms with Crippen molar-refractivity contribution in [3.05, 3.63) is 77.4 Å². The number of rotatable bonds is 6. The lowest BCUT2D eigenvalue weighted by Crippen LogP contribution is -2.49. The van der Waals surface area contributed by atoms with Gasteiger partial charge in [0.1, 0.15) is 0 Å². The molecule has 0 saturated heterocycles. The maximum absolute atomic E-state index is 12.8. The third-order valence-electron chi connectivity index (χ3n) is 5.42. The van der Waals surface area contributed by atoms with Crippen LogP contribution in [0.4, 0.5) is 0 Å². The minimum absolute atomic E-state index is 0.0129. The van der Waals surface area contributed by atoms with Crippen molar-refractivity contribution in [1.82, 2.24) is 10.2 Å². The van der Waals surface area contributed by atoms with E-state index in [1.807, 2.05) is 54.3 Å². The lowest BCUT2D eigenvalue weighted by Gasteiger charge is -2.39. The molecule has 0 fully saturated rings. The summed E-state index contributed by atoms with van der Waals surface area (Å²) < 4.78 is 0. The maximum atomic E-state index is 12.8. The summed E-state index contributed by atoms with van der Waals surface area (Å²) in [5.74, 6) is 0.0819. The molecule has 146 valence electrons. The van der Waals surface area contributed by atoms with Crippen LogP contribution in [0.3, 0.4) is 0 Å². The fraction of sp³-hybridized carbons (Fsp3) is 0.333. The highest BCUT2D eigenvalue weighted by Gasteiger charge is 2.32. The van der Waals surface area contributed by atoms with E-state index >= 15 is 0 Å². The van der Waals surface area contributed by atoms with Gasteiger partial charge in [0.2, 0.25) is 5.91 Å². The molecule has 1 aliphatic rings. The van der Waals surface area contributed by atoms with Crippen LogP contribution in [0.25, 0.3) is 5.70 Å². The number of nitrogens with one attached hydrogen (secondary N) is 1. The first-order valence-corrected chi connectivity index (χ1v) is 9.85. The molecule has 0 radical (unpaired) electrons. The van der Waals surface area contributed by atoms with Crippen molar-refractivity contribution in [1.29, 1.82) is 0 Å². The number of fused-ring (bicyclic) bond motifs is 1. The second kappa shape index (κ2) is 8.42. The Bertz CT molecular complexity index is 888. The van der Waals surface area contributed by atoms with Gasteiger partial charge in [-0.25, -0.2) is 0 Å². The average molecular weight is 377 g/mol. The molecule has 0 aliphatic carbocycles. The molecular weight excluding hydrogens is 348 g/mol. The molecule has 1 unspecified atom stereocenters. The number of amides is 1. The van der Waals surface area contributed by atoms with Gasteiger partial charge in [0.15, 0.2) is 5.78 Å². The summed E-state index contributed by atoms with van der Waals surface area (Å²) in [5, 5.41) is 3.61. The van der Waals surface area contributed by atoms with E-state index in [-0.39, 0.29) is 17.2 Å². The average Bonchev–Trinajstić information content (AvgIpc) is 2.68. The highest BCUT2D eigenvalue weighted by Crippen LogP contribution is 2.32. The van der Waals surface area contributed by atoms with Crippen LogP contribution in [-0.4, -0.2) is 35.2 Å². The molecule has 3 rings (SSSR count). The Kier molecular flexibility index (Phi) is 5.98. The molecule has 2 aromatic rings. The zero-order valence-electron chi connectivity index (χ0n) is 16.9. The lowest BCUT2D eigenvalue weighted by molar-refractivity contribution is -0.128. The molecule has 0 saturated carbocycles. The molecule has 1 atom stereocenters. The third-order valence-corrected chi connectivity index (χ3v) is 5.42. The maximum Gasteiger partial charge on any atom is 0.219 e. The van der Waals surface area contributed by atoms with E-state index in [4.69, 9.17) is 0 Å². The number of nitrogens with zero attached hydrogens (tertiary/aromatic N) is 1.